The van der Waals surface area contributed by atoms with E-state index >= 15 is 0 Å². The van der Waals surface area contributed by atoms with Crippen molar-refractivity contribution in [2.45, 2.75) is 19.8 Å². The van der Waals surface area contributed by atoms with Gasteiger partial charge >= 0.3 is 5.97 Å². The zero-order valence-corrected chi connectivity index (χ0v) is 12.1. The minimum atomic E-state index is -0.793. The van der Waals surface area contributed by atoms with E-state index < -0.39 is 5.97 Å². The molecule has 2 N–H and O–H groups in total. The van der Waals surface area contributed by atoms with E-state index in [4.69, 9.17) is 5.11 Å². The average Bonchev–Trinajstić information content (AvgIpc) is 2.42. The Kier molecular flexibility index (Phi) is 5.96. The summed E-state index contributed by atoms with van der Waals surface area (Å²) in [5, 5.41) is 11.9. The fraction of sp³-hybridized carbons (Fsp3) is 0.500. The number of amides is 1. The molecule has 0 aliphatic carbocycles. The Labute approximate surface area is 118 Å². The van der Waals surface area contributed by atoms with Crippen LogP contribution in [-0.4, -0.2) is 47.5 Å². The molecule has 0 aromatic carbocycles. The van der Waals surface area contributed by atoms with Gasteiger partial charge in [-0.3, -0.25) is 9.59 Å². The average molecular weight is 279 g/mol. The number of carbonyl (C=O) groups excluding carboxylic acids is 1. The summed E-state index contributed by atoms with van der Waals surface area (Å²) in [6.07, 6.45) is 2.44. The molecule has 0 aliphatic heterocycles. The lowest BCUT2D eigenvalue weighted by atomic mass is 10.0. The maximum atomic E-state index is 11.7. The van der Waals surface area contributed by atoms with Crippen LogP contribution in [0.15, 0.2) is 18.3 Å². The normalized spacial score (nSPS) is 11.8. The van der Waals surface area contributed by atoms with Crippen molar-refractivity contribution in [3.8, 4) is 0 Å². The van der Waals surface area contributed by atoms with E-state index in [0.717, 1.165) is 6.42 Å². The molecular weight excluding hydrogens is 258 g/mol. The first-order valence-corrected chi connectivity index (χ1v) is 6.57. The number of nitrogens with one attached hydrogen (secondary N) is 1. The molecule has 0 radical (unpaired) electrons. The summed E-state index contributed by atoms with van der Waals surface area (Å²) < 4.78 is 0. The van der Waals surface area contributed by atoms with Crippen molar-refractivity contribution in [2.24, 2.45) is 5.92 Å². The third-order valence-corrected chi connectivity index (χ3v) is 3.03. The van der Waals surface area contributed by atoms with Crippen molar-refractivity contribution in [3.05, 3.63) is 23.9 Å². The summed E-state index contributed by atoms with van der Waals surface area (Å²) in [6, 6.07) is 3.43. The highest BCUT2D eigenvalue weighted by Gasteiger charge is 2.12. The van der Waals surface area contributed by atoms with Crippen molar-refractivity contribution in [2.75, 3.05) is 26.0 Å². The number of hydrogen-bond donors (Lipinski definition) is 2. The van der Waals surface area contributed by atoms with Crippen LogP contribution < -0.4 is 5.32 Å². The van der Waals surface area contributed by atoms with Crippen molar-refractivity contribution in [1.82, 2.24) is 9.88 Å². The van der Waals surface area contributed by atoms with E-state index in [9.17, 15) is 9.59 Å². The molecule has 6 heteroatoms. The van der Waals surface area contributed by atoms with Gasteiger partial charge in [0.25, 0.3) is 5.91 Å². The molecule has 0 aliphatic rings. The smallest absolute Gasteiger partial charge is 0.303 e. The first kappa shape index (κ1) is 15.9. The molecule has 0 saturated carbocycles. The van der Waals surface area contributed by atoms with Crippen LogP contribution in [0.25, 0.3) is 0 Å². The van der Waals surface area contributed by atoms with Gasteiger partial charge in [-0.05, 0) is 18.1 Å². The predicted molar refractivity (Wildman–Crippen MR) is 76.8 cm³/mol. The van der Waals surface area contributed by atoms with Gasteiger partial charge in [-0.2, -0.15) is 0 Å². The fourth-order valence-electron chi connectivity index (χ4n) is 1.74. The molecule has 0 bridgehead atoms. The van der Waals surface area contributed by atoms with E-state index in [-0.39, 0.29) is 18.2 Å². The summed E-state index contributed by atoms with van der Waals surface area (Å²) >= 11 is 0. The van der Waals surface area contributed by atoms with Crippen molar-refractivity contribution in [1.29, 1.82) is 0 Å². The Morgan fingerprint density at radius 1 is 1.40 bits per heavy atom. The van der Waals surface area contributed by atoms with Crippen molar-refractivity contribution in [3.63, 3.8) is 0 Å². The van der Waals surface area contributed by atoms with Gasteiger partial charge in [0.2, 0.25) is 0 Å². The van der Waals surface area contributed by atoms with Gasteiger partial charge in [0.15, 0.2) is 0 Å². The molecule has 1 amide bonds. The molecule has 1 atom stereocenters. The van der Waals surface area contributed by atoms with E-state index in [1.165, 1.54) is 11.1 Å². The quantitative estimate of drug-likeness (QED) is 0.793. The van der Waals surface area contributed by atoms with Gasteiger partial charge in [0.1, 0.15) is 5.82 Å². The minimum Gasteiger partial charge on any atom is -0.481 e. The maximum Gasteiger partial charge on any atom is 0.303 e. The Bertz CT molecular complexity index is 457. The number of anilines is 1. The zero-order chi connectivity index (χ0) is 15.1. The molecule has 0 fully saturated rings. The summed E-state index contributed by atoms with van der Waals surface area (Å²) in [7, 11) is 3.37. The molecule has 1 unspecified atom stereocenters. The van der Waals surface area contributed by atoms with E-state index in [2.05, 4.69) is 10.3 Å². The molecule has 0 spiro atoms. The van der Waals surface area contributed by atoms with Crippen LogP contribution in [0.2, 0.25) is 0 Å². The monoisotopic (exact) mass is 279 g/mol. The summed E-state index contributed by atoms with van der Waals surface area (Å²) in [5.41, 5.74) is 0.526. The molecule has 1 heterocycles. The highest BCUT2D eigenvalue weighted by molar-refractivity contribution is 5.93. The van der Waals surface area contributed by atoms with Crippen LogP contribution in [0.1, 0.15) is 30.1 Å². The molecule has 6 nitrogen and oxygen atoms in total. The van der Waals surface area contributed by atoms with Gasteiger partial charge < -0.3 is 15.3 Å². The van der Waals surface area contributed by atoms with E-state index in [0.29, 0.717) is 17.9 Å². The van der Waals surface area contributed by atoms with Crippen LogP contribution in [0.4, 0.5) is 5.82 Å². The standard InChI is InChI=1S/C14H21N3O3/c1-4-10(7-13(18)19)8-15-12-6-5-11(9-16-12)14(20)17(2)3/h5-6,9-10H,4,7-8H2,1-3H3,(H,15,16)(H,18,19). The Hall–Kier alpha value is -2.11. The lowest BCUT2D eigenvalue weighted by Gasteiger charge is -2.14. The maximum absolute atomic E-state index is 11.7. The SMILES string of the molecule is CCC(CNc1ccc(C(=O)N(C)C)cn1)CC(=O)O. The van der Waals surface area contributed by atoms with Crippen molar-refractivity contribution >= 4 is 17.7 Å². The molecule has 1 aromatic rings. The van der Waals surface area contributed by atoms with Crippen LogP contribution in [0.3, 0.4) is 0 Å². The van der Waals surface area contributed by atoms with Gasteiger partial charge in [-0.25, -0.2) is 4.98 Å². The second-order valence-electron chi connectivity index (χ2n) is 4.88. The van der Waals surface area contributed by atoms with Crippen LogP contribution >= 0.6 is 0 Å². The molecule has 0 saturated heterocycles. The van der Waals surface area contributed by atoms with Crippen LogP contribution in [-0.2, 0) is 4.79 Å². The number of hydrogen-bond acceptors (Lipinski definition) is 4. The third kappa shape index (κ3) is 4.87. The Morgan fingerprint density at radius 3 is 2.55 bits per heavy atom. The van der Waals surface area contributed by atoms with Gasteiger partial charge in [-0.15, -0.1) is 0 Å². The van der Waals surface area contributed by atoms with Crippen LogP contribution in [0, 0.1) is 5.92 Å². The van der Waals surface area contributed by atoms with E-state index in [1.54, 1.807) is 26.2 Å². The topological polar surface area (TPSA) is 82.5 Å². The van der Waals surface area contributed by atoms with Gasteiger partial charge in [0.05, 0.1) is 5.56 Å². The molecule has 1 aromatic heterocycles. The number of carbonyl (C=O) groups is 2. The highest BCUT2D eigenvalue weighted by atomic mass is 16.4. The highest BCUT2D eigenvalue weighted by Crippen LogP contribution is 2.11. The second kappa shape index (κ2) is 7.47. The third-order valence-electron chi connectivity index (χ3n) is 3.03. The Morgan fingerprint density at radius 2 is 2.10 bits per heavy atom. The minimum absolute atomic E-state index is 0.0670. The fourth-order valence-corrected chi connectivity index (χ4v) is 1.74. The molecular formula is C14H21N3O3. The number of rotatable bonds is 7. The van der Waals surface area contributed by atoms with Crippen LogP contribution in [0.5, 0.6) is 0 Å². The first-order valence-electron chi connectivity index (χ1n) is 6.57. The second-order valence-corrected chi connectivity index (χ2v) is 4.88. The largest absolute Gasteiger partial charge is 0.481 e. The van der Waals surface area contributed by atoms with Gasteiger partial charge in [-0.1, -0.05) is 13.3 Å². The number of carboxylic acids is 1. The van der Waals surface area contributed by atoms with E-state index in [1.807, 2.05) is 6.92 Å². The predicted octanol–water partition coefficient (Wildman–Crippen LogP) is 1.70. The zero-order valence-electron chi connectivity index (χ0n) is 12.1. The summed E-state index contributed by atoms with van der Waals surface area (Å²) in [5.74, 6) is -0.179. The molecule has 110 valence electrons. The number of pyridine rings is 1. The number of aliphatic carboxylic acids is 1. The summed E-state index contributed by atoms with van der Waals surface area (Å²) in [4.78, 5) is 28.0. The van der Waals surface area contributed by atoms with Crippen molar-refractivity contribution < 1.29 is 14.7 Å². The Balaban J connectivity index is 2.57. The lowest BCUT2D eigenvalue weighted by Crippen LogP contribution is -2.22. The molecule has 20 heavy (non-hydrogen) atoms. The first-order chi connectivity index (χ1) is 9.43. The number of nitrogens with zero attached hydrogens (tertiary/aromatic N) is 2. The molecule has 1 rings (SSSR count). The number of aromatic nitrogens is 1. The summed E-state index contributed by atoms with van der Waals surface area (Å²) in [6.45, 7) is 2.51. The van der Waals surface area contributed by atoms with Gasteiger partial charge in [0, 0.05) is 33.3 Å². The lowest BCUT2D eigenvalue weighted by molar-refractivity contribution is -0.138. The number of carboxylic acid groups (broad SMARTS) is 1.